The van der Waals surface area contributed by atoms with Crippen molar-refractivity contribution < 1.29 is 43.1 Å². The molecule has 11 nitrogen and oxygen atoms in total. The van der Waals surface area contributed by atoms with E-state index in [0.29, 0.717) is 65.4 Å². The summed E-state index contributed by atoms with van der Waals surface area (Å²) in [5.41, 5.74) is -0.448. The highest BCUT2D eigenvalue weighted by atomic mass is 35.5. The summed E-state index contributed by atoms with van der Waals surface area (Å²) in [6, 6.07) is 0. The van der Waals surface area contributed by atoms with E-state index < -0.39 is 13.9 Å². The minimum Gasteiger partial charge on any atom is -0.444 e. The SMILES string of the molecule is CC(C)(C)OC(=O)N1CCC(OCCOCCO[Si](C)(C)C(C)(C)C)CC1.CO.Cl.OCCOCCOC1CCNCC1. The lowest BCUT2D eigenvalue weighted by Gasteiger charge is -2.36. The predicted octanol–water partition coefficient (Wildman–Crippen LogP) is 4.24. The lowest BCUT2D eigenvalue weighted by atomic mass is 10.1. The zero-order valence-corrected chi connectivity index (χ0v) is 30.4. The van der Waals surface area contributed by atoms with E-state index in [4.69, 9.17) is 38.3 Å². The number of carbonyl (C=O) groups excluding carboxylic acids is 1. The van der Waals surface area contributed by atoms with Crippen molar-refractivity contribution in [3.63, 3.8) is 0 Å². The average Bonchev–Trinajstić information content (AvgIpc) is 2.93. The number of aliphatic hydroxyl groups is 2. The van der Waals surface area contributed by atoms with E-state index in [0.717, 1.165) is 45.9 Å². The van der Waals surface area contributed by atoms with Gasteiger partial charge >= 0.3 is 6.09 Å². The van der Waals surface area contributed by atoms with Gasteiger partial charge < -0.3 is 48.5 Å². The Bertz CT molecular complexity index is 665. The van der Waals surface area contributed by atoms with E-state index in [-0.39, 0.29) is 36.2 Å². The fourth-order valence-corrected chi connectivity index (χ4v) is 4.91. The summed E-state index contributed by atoms with van der Waals surface area (Å²) in [4.78, 5) is 13.8. The van der Waals surface area contributed by atoms with Crippen molar-refractivity contribution >= 4 is 26.8 Å². The lowest BCUT2D eigenvalue weighted by molar-refractivity contribution is -0.0317. The highest BCUT2D eigenvalue weighted by molar-refractivity contribution is 6.74. The molecule has 1 amide bonds. The van der Waals surface area contributed by atoms with Gasteiger partial charge in [0.05, 0.1) is 65.1 Å². The van der Waals surface area contributed by atoms with Crippen LogP contribution in [0.15, 0.2) is 0 Å². The van der Waals surface area contributed by atoms with Gasteiger partial charge in [0.15, 0.2) is 8.32 Å². The molecule has 0 aromatic heterocycles. The topological polar surface area (TPSA) is 128 Å². The van der Waals surface area contributed by atoms with Crippen LogP contribution in [0.2, 0.25) is 18.1 Å². The molecule has 0 aliphatic carbocycles. The number of ether oxygens (including phenoxy) is 5. The number of hydrogen-bond acceptors (Lipinski definition) is 10. The number of rotatable bonds is 14. The highest BCUT2D eigenvalue weighted by Crippen LogP contribution is 2.36. The number of nitrogens with one attached hydrogen (secondary N) is 1. The highest BCUT2D eigenvalue weighted by Gasteiger charge is 2.36. The standard InChI is InChI=1S/C20H41NO5Si.C9H19NO3.CH4O.ClH/c1-19(2,3)26-18(22)21-11-9-17(10-12-21)24-15-13-23-14-16-25-27(7,8)20(4,5)6;11-5-6-12-7-8-13-9-1-3-10-4-2-9;1-2;/h17H,9-16H2,1-8H3;9-11H,1-8H2;2H,1H3;1H. The molecule has 2 aliphatic rings. The Morgan fingerprint density at radius 1 is 0.791 bits per heavy atom. The number of aliphatic hydroxyl groups excluding tert-OH is 2. The van der Waals surface area contributed by atoms with Crippen molar-refractivity contribution in [2.75, 3.05) is 86.1 Å². The Morgan fingerprint density at radius 3 is 1.72 bits per heavy atom. The van der Waals surface area contributed by atoms with Gasteiger partial charge in [0.25, 0.3) is 0 Å². The molecule has 43 heavy (non-hydrogen) atoms. The molecule has 0 spiro atoms. The molecule has 2 aliphatic heterocycles. The molecule has 2 heterocycles. The molecule has 0 unspecified atom stereocenters. The van der Waals surface area contributed by atoms with Gasteiger partial charge in [-0.25, -0.2) is 4.79 Å². The average molecular weight is 661 g/mol. The molecular weight excluding hydrogens is 596 g/mol. The smallest absolute Gasteiger partial charge is 0.410 e. The van der Waals surface area contributed by atoms with Crippen LogP contribution in [0.25, 0.3) is 0 Å². The van der Waals surface area contributed by atoms with Crippen molar-refractivity contribution in [3.8, 4) is 0 Å². The van der Waals surface area contributed by atoms with Crippen molar-refractivity contribution in [3.05, 3.63) is 0 Å². The summed E-state index contributed by atoms with van der Waals surface area (Å²) in [5, 5.41) is 18.9. The Hall–Kier alpha value is -0.543. The molecule has 2 saturated heterocycles. The van der Waals surface area contributed by atoms with Gasteiger partial charge in [-0.2, -0.15) is 0 Å². The molecule has 0 bridgehead atoms. The maximum absolute atomic E-state index is 12.0. The summed E-state index contributed by atoms with van der Waals surface area (Å²) in [7, 11) is -0.685. The minimum atomic E-state index is -1.68. The zero-order chi connectivity index (χ0) is 32.1. The van der Waals surface area contributed by atoms with E-state index in [1.54, 1.807) is 4.90 Å². The number of piperidine rings is 2. The van der Waals surface area contributed by atoms with Crippen LogP contribution in [0.3, 0.4) is 0 Å². The van der Waals surface area contributed by atoms with Gasteiger partial charge in [-0.1, -0.05) is 20.8 Å². The van der Waals surface area contributed by atoms with Crippen LogP contribution in [0.4, 0.5) is 4.79 Å². The Labute approximate surface area is 269 Å². The molecule has 2 rings (SSSR count). The van der Waals surface area contributed by atoms with Crippen LogP contribution in [-0.4, -0.2) is 133 Å². The van der Waals surface area contributed by atoms with Crippen molar-refractivity contribution in [1.29, 1.82) is 0 Å². The van der Waals surface area contributed by atoms with Crippen molar-refractivity contribution in [2.45, 2.75) is 103 Å². The third-order valence-electron chi connectivity index (χ3n) is 7.27. The summed E-state index contributed by atoms with van der Waals surface area (Å²) >= 11 is 0. The van der Waals surface area contributed by atoms with E-state index in [2.05, 4.69) is 39.2 Å². The lowest BCUT2D eigenvalue weighted by Crippen LogP contribution is -2.43. The zero-order valence-electron chi connectivity index (χ0n) is 28.6. The number of hydrogen-bond donors (Lipinski definition) is 3. The van der Waals surface area contributed by atoms with E-state index in [1.807, 2.05) is 20.8 Å². The van der Waals surface area contributed by atoms with Crippen molar-refractivity contribution in [1.82, 2.24) is 10.2 Å². The Morgan fingerprint density at radius 2 is 1.26 bits per heavy atom. The molecule has 2 fully saturated rings. The molecular formula is C30H65ClN2O9Si. The first-order valence-corrected chi connectivity index (χ1v) is 18.4. The normalized spacial score (nSPS) is 16.8. The molecule has 0 saturated carbocycles. The quantitative estimate of drug-likeness (QED) is 0.184. The van der Waals surface area contributed by atoms with Gasteiger partial charge in [-0.05, 0) is 77.7 Å². The first kappa shape index (κ1) is 44.6. The molecule has 3 N–H and O–H groups in total. The fourth-order valence-electron chi connectivity index (χ4n) is 3.88. The van der Waals surface area contributed by atoms with Gasteiger partial charge in [0, 0.05) is 20.2 Å². The second kappa shape index (κ2) is 24.7. The molecule has 260 valence electrons. The van der Waals surface area contributed by atoms with E-state index in [9.17, 15) is 4.79 Å². The Kier molecular flexibility index (Phi) is 25.6. The third-order valence-corrected chi connectivity index (χ3v) is 11.8. The first-order chi connectivity index (χ1) is 19.7. The predicted molar refractivity (Wildman–Crippen MR) is 176 cm³/mol. The van der Waals surface area contributed by atoms with E-state index in [1.165, 1.54) is 0 Å². The van der Waals surface area contributed by atoms with Gasteiger partial charge in [-0.3, -0.25) is 0 Å². The number of likely N-dealkylation sites (tertiary alicyclic amines) is 1. The summed E-state index contributed by atoms with van der Waals surface area (Å²) in [6.07, 6.45) is 4.24. The second-order valence-electron chi connectivity index (χ2n) is 12.9. The molecule has 13 heteroatoms. The van der Waals surface area contributed by atoms with Crippen LogP contribution in [0, 0.1) is 0 Å². The molecule has 0 atom stereocenters. The van der Waals surface area contributed by atoms with Crippen molar-refractivity contribution in [2.24, 2.45) is 0 Å². The summed E-state index contributed by atoms with van der Waals surface area (Å²) in [5.74, 6) is 0. The van der Waals surface area contributed by atoms with Gasteiger partial charge in [0.2, 0.25) is 0 Å². The monoisotopic (exact) mass is 660 g/mol. The van der Waals surface area contributed by atoms with Crippen LogP contribution in [0.5, 0.6) is 0 Å². The second-order valence-corrected chi connectivity index (χ2v) is 17.7. The van der Waals surface area contributed by atoms with Gasteiger partial charge in [0.1, 0.15) is 5.60 Å². The maximum atomic E-state index is 12.0. The van der Waals surface area contributed by atoms with Crippen LogP contribution in [0.1, 0.15) is 67.2 Å². The Balaban J connectivity index is 0. The largest absolute Gasteiger partial charge is 0.444 e. The maximum Gasteiger partial charge on any atom is 0.410 e. The van der Waals surface area contributed by atoms with E-state index >= 15 is 0 Å². The molecule has 0 aromatic rings. The number of carbonyl (C=O) groups is 1. The molecule has 0 radical (unpaired) electrons. The van der Waals surface area contributed by atoms with Crippen LogP contribution in [-0.2, 0) is 28.1 Å². The third kappa shape index (κ3) is 22.6. The first-order valence-electron chi connectivity index (χ1n) is 15.5. The van der Waals surface area contributed by atoms with Crippen LogP contribution >= 0.6 is 12.4 Å². The summed E-state index contributed by atoms with van der Waals surface area (Å²) < 4.78 is 33.7. The fraction of sp³-hybridized carbons (Fsp3) is 0.967. The van der Waals surface area contributed by atoms with Crippen LogP contribution < -0.4 is 5.32 Å². The number of amides is 1. The summed E-state index contributed by atoms with van der Waals surface area (Å²) in [6.45, 7) is 24.5. The van der Waals surface area contributed by atoms with Gasteiger partial charge in [-0.15, -0.1) is 12.4 Å². The number of nitrogens with zero attached hydrogens (tertiary/aromatic N) is 1. The number of halogens is 1. The minimum absolute atomic E-state index is 0. The molecule has 0 aromatic carbocycles.